The number of aromatic nitrogens is 2. The van der Waals surface area contributed by atoms with E-state index in [9.17, 15) is 9.59 Å². The SMILES string of the molecule is Cn1nc(N2CCC(=O)NC2=O)c2ccc(N3CC4CC3CN4)cc21. The van der Waals surface area contributed by atoms with Crippen molar-refractivity contribution < 1.29 is 9.59 Å². The topological polar surface area (TPSA) is 82.5 Å². The molecule has 3 aliphatic rings. The van der Waals surface area contributed by atoms with Gasteiger partial charge in [-0.2, -0.15) is 5.10 Å². The summed E-state index contributed by atoms with van der Waals surface area (Å²) in [6.07, 6.45) is 1.50. The van der Waals surface area contributed by atoms with E-state index in [1.54, 1.807) is 4.90 Å². The van der Waals surface area contributed by atoms with Gasteiger partial charge in [-0.05, 0) is 24.6 Å². The summed E-state index contributed by atoms with van der Waals surface area (Å²) in [6, 6.07) is 7.06. The molecule has 3 fully saturated rings. The highest BCUT2D eigenvalue weighted by Crippen LogP contribution is 2.34. The number of nitrogens with one attached hydrogen (secondary N) is 2. The van der Waals surface area contributed by atoms with Gasteiger partial charge in [0.1, 0.15) is 0 Å². The van der Waals surface area contributed by atoms with E-state index in [2.05, 4.69) is 32.8 Å². The van der Waals surface area contributed by atoms with Crippen LogP contribution in [0.4, 0.5) is 16.3 Å². The molecule has 1 aromatic heterocycles. The lowest BCUT2D eigenvalue weighted by atomic mass is 10.1. The van der Waals surface area contributed by atoms with E-state index in [0.717, 1.165) is 24.0 Å². The molecule has 3 aliphatic heterocycles. The largest absolute Gasteiger partial charge is 0.366 e. The fraction of sp³-hybridized carbons (Fsp3) is 0.471. The van der Waals surface area contributed by atoms with Crippen LogP contribution >= 0.6 is 0 Å². The number of urea groups is 1. The van der Waals surface area contributed by atoms with Crippen molar-refractivity contribution in [2.75, 3.05) is 29.4 Å². The van der Waals surface area contributed by atoms with Crippen molar-refractivity contribution in [1.82, 2.24) is 20.4 Å². The summed E-state index contributed by atoms with van der Waals surface area (Å²) in [5, 5.41) is 11.4. The van der Waals surface area contributed by atoms with Crippen LogP contribution in [0.3, 0.4) is 0 Å². The van der Waals surface area contributed by atoms with Crippen molar-refractivity contribution >= 4 is 34.3 Å². The number of benzene rings is 1. The molecule has 4 heterocycles. The van der Waals surface area contributed by atoms with Crippen molar-refractivity contribution in [2.24, 2.45) is 7.05 Å². The van der Waals surface area contributed by atoms with Crippen LogP contribution in [-0.2, 0) is 11.8 Å². The Hall–Kier alpha value is -2.61. The lowest BCUT2D eigenvalue weighted by molar-refractivity contribution is -0.120. The van der Waals surface area contributed by atoms with Crippen molar-refractivity contribution in [2.45, 2.75) is 24.9 Å². The summed E-state index contributed by atoms with van der Waals surface area (Å²) >= 11 is 0. The molecule has 8 nitrogen and oxygen atoms in total. The van der Waals surface area contributed by atoms with E-state index in [-0.39, 0.29) is 5.91 Å². The minimum Gasteiger partial charge on any atom is -0.366 e. The number of carbonyl (C=O) groups excluding carboxylic acids is 2. The van der Waals surface area contributed by atoms with Gasteiger partial charge in [-0.3, -0.25) is 19.7 Å². The number of piperazine rings is 1. The number of fused-ring (bicyclic) bond motifs is 3. The number of carbonyl (C=O) groups is 2. The fourth-order valence-electron chi connectivity index (χ4n) is 4.25. The molecule has 2 aromatic rings. The van der Waals surface area contributed by atoms with Crippen LogP contribution in [0.2, 0.25) is 0 Å². The van der Waals surface area contributed by atoms with Gasteiger partial charge in [0.15, 0.2) is 5.82 Å². The van der Waals surface area contributed by atoms with Gasteiger partial charge < -0.3 is 10.2 Å². The highest BCUT2D eigenvalue weighted by atomic mass is 16.2. The predicted octanol–water partition coefficient (Wildman–Crippen LogP) is 0.570. The maximum atomic E-state index is 12.2. The molecule has 0 saturated carbocycles. The third-order valence-corrected chi connectivity index (χ3v) is 5.51. The van der Waals surface area contributed by atoms with Crippen molar-refractivity contribution in [3.63, 3.8) is 0 Å². The first-order valence-corrected chi connectivity index (χ1v) is 8.68. The van der Waals surface area contributed by atoms with E-state index < -0.39 is 6.03 Å². The molecule has 8 heteroatoms. The van der Waals surface area contributed by atoms with Crippen molar-refractivity contribution in [3.05, 3.63) is 18.2 Å². The van der Waals surface area contributed by atoms with E-state index >= 15 is 0 Å². The maximum absolute atomic E-state index is 12.2. The van der Waals surface area contributed by atoms with Gasteiger partial charge in [-0.25, -0.2) is 4.79 Å². The molecule has 1 aromatic carbocycles. The number of hydrogen-bond donors (Lipinski definition) is 2. The van der Waals surface area contributed by atoms with Gasteiger partial charge in [-0.1, -0.05) is 0 Å². The summed E-state index contributed by atoms with van der Waals surface area (Å²) in [4.78, 5) is 27.5. The first kappa shape index (κ1) is 14.7. The van der Waals surface area contributed by atoms with E-state index in [1.807, 2.05) is 17.8 Å². The highest BCUT2D eigenvalue weighted by Gasteiger charge is 2.37. The van der Waals surface area contributed by atoms with Crippen LogP contribution in [0.25, 0.3) is 10.9 Å². The molecular formula is C17H20N6O2. The molecule has 0 spiro atoms. The number of nitrogens with zero attached hydrogens (tertiary/aromatic N) is 4. The molecule has 3 saturated heterocycles. The summed E-state index contributed by atoms with van der Waals surface area (Å²) in [6.45, 7) is 2.44. The number of aryl methyl sites for hydroxylation is 1. The average Bonchev–Trinajstić information content (AvgIpc) is 3.30. The Morgan fingerprint density at radius 1 is 1.28 bits per heavy atom. The third-order valence-electron chi connectivity index (χ3n) is 5.51. The Morgan fingerprint density at radius 3 is 2.88 bits per heavy atom. The second-order valence-electron chi connectivity index (χ2n) is 7.05. The first-order chi connectivity index (χ1) is 12.1. The highest BCUT2D eigenvalue weighted by molar-refractivity contribution is 6.09. The number of rotatable bonds is 2. The molecular weight excluding hydrogens is 320 g/mol. The van der Waals surface area contributed by atoms with Gasteiger partial charge in [-0.15, -0.1) is 0 Å². The van der Waals surface area contributed by atoms with Crippen LogP contribution in [0, 0.1) is 0 Å². The molecule has 0 radical (unpaired) electrons. The second kappa shape index (κ2) is 5.19. The smallest absolute Gasteiger partial charge is 0.329 e. The zero-order valence-corrected chi connectivity index (χ0v) is 14.0. The van der Waals surface area contributed by atoms with Gasteiger partial charge in [0.25, 0.3) is 0 Å². The Morgan fingerprint density at radius 2 is 2.16 bits per heavy atom. The molecule has 25 heavy (non-hydrogen) atoms. The molecule has 5 rings (SSSR count). The van der Waals surface area contributed by atoms with Crippen molar-refractivity contribution in [1.29, 1.82) is 0 Å². The summed E-state index contributed by atoms with van der Waals surface area (Å²) < 4.78 is 1.81. The van der Waals surface area contributed by atoms with Gasteiger partial charge in [0.2, 0.25) is 5.91 Å². The number of imide groups is 1. The quantitative estimate of drug-likeness (QED) is 0.835. The molecule has 2 N–H and O–H groups in total. The lowest BCUT2D eigenvalue weighted by Crippen LogP contribution is -2.49. The molecule has 0 aliphatic carbocycles. The molecule has 2 atom stereocenters. The van der Waals surface area contributed by atoms with Crippen molar-refractivity contribution in [3.8, 4) is 0 Å². The zero-order chi connectivity index (χ0) is 17.1. The van der Waals surface area contributed by atoms with E-state index in [4.69, 9.17) is 0 Å². The van der Waals surface area contributed by atoms with Gasteiger partial charge in [0, 0.05) is 56.3 Å². The Bertz CT molecular complexity index is 891. The standard InChI is InChI=1S/C17H20N6O2/c1-21-14-7-11(23-9-10-6-12(23)8-18-10)2-3-13(14)16(20-21)22-5-4-15(24)19-17(22)25/h2-3,7,10,12,18H,4-6,8-9H2,1H3,(H,19,24,25). The summed E-state index contributed by atoms with van der Waals surface area (Å²) in [5.74, 6) is 0.375. The fourth-order valence-corrected chi connectivity index (χ4v) is 4.25. The summed E-state index contributed by atoms with van der Waals surface area (Å²) in [7, 11) is 1.89. The predicted molar refractivity (Wildman–Crippen MR) is 93.8 cm³/mol. The lowest BCUT2D eigenvalue weighted by Gasteiger charge is -2.29. The van der Waals surface area contributed by atoms with E-state index in [1.165, 1.54) is 12.1 Å². The molecule has 3 amide bonds. The number of hydrogen-bond acceptors (Lipinski definition) is 5. The average molecular weight is 340 g/mol. The van der Waals surface area contributed by atoms with Crippen LogP contribution in [0.15, 0.2) is 18.2 Å². The second-order valence-corrected chi connectivity index (χ2v) is 7.05. The molecule has 2 unspecified atom stereocenters. The first-order valence-electron chi connectivity index (χ1n) is 8.68. The monoisotopic (exact) mass is 340 g/mol. The minimum atomic E-state index is -0.400. The number of amides is 3. The molecule has 2 bridgehead atoms. The maximum Gasteiger partial charge on any atom is 0.329 e. The Kier molecular flexibility index (Phi) is 3.05. The van der Waals surface area contributed by atoms with Crippen LogP contribution in [0.5, 0.6) is 0 Å². The molecule has 130 valence electrons. The van der Waals surface area contributed by atoms with Gasteiger partial charge >= 0.3 is 6.03 Å². The third kappa shape index (κ3) is 2.21. The Labute approximate surface area is 144 Å². The van der Waals surface area contributed by atoms with Crippen LogP contribution in [0.1, 0.15) is 12.8 Å². The minimum absolute atomic E-state index is 0.235. The van der Waals surface area contributed by atoms with Gasteiger partial charge in [0.05, 0.1) is 5.52 Å². The normalized spacial score (nSPS) is 26.0. The summed E-state index contributed by atoms with van der Waals surface area (Å²) in [5.41, 5.74) is 2.20. The number of anilines is 2. The van der Waals surface area contributed by atoms with Crippen LogP contribution < -0.4 is 20.4 Å². The van der Waals surface area contributed by atoms with Crippen LogP contribution in [-0.4, -0.2) is 53.4 Å². The van der Waals surface area contributed by atoms with E-state index in [0.29, 0.717) is 30.9 Å². The Balaban J connectivity index is 1.52. The zero-order valence-electron chi connectivity index (χ0n) is 14.0.